The molecular formula is C61H107NO13. The van der Waals surface area contributed by atoms with Crippen molar-refractivity contribution in [2.45, 2.75) is 286 Å². The van der Waals surface area contributed by atoms with Gasteiger partial charge in [0.2, 0.25) is 5.91 Å². The second-order valence-electron chi connectivity index (χ2n) is 20.7. The van der Waals surface area contributed by atoms with Crippen LogP contribution in [0.15, 0.2) is 72.9 Å². The zero-order valence-corrected chi connectivity index (χ0v) is 46.5. The van der Waals surface area contributed by atoms with Crippen molar-refractivity contribution in [1.82, 2.24) is 5.32 Å². The maximum atomic E-state index is 13.1. The first-order valence-electron chi connectivity index (χ1n) is 29.7. The summed E-state index contributed by atoms with van der Waals surface area (Å²) in [6, 6.07) is -0.825. The topological polar surface area (TPSA) is 228 Å². The number of aliphatic hydroxyl groups is 8. The van der Waals surface area contributed by atoms with Crippen molar-refractivity contribution in [2.75, 3.05) is 19.8 Å². The highest BCUT2D eigenvalue weighted by molar-refractivity contribution is 5.76. The third-order valence-corrected chi connectivity index (χ3v) is 14.2. The number of hydrogen-bond donors (Lipinski definition) is 9. The Morgan fingerprint density at radius 2 is 0.920 bits per heavy atom. The summed E-state index contributed by atoms with van der Waals surface area (Å²) >= 11 is 0. The van der Waals surface area contributed by atoms with Crippen LogP contribution < -0.4 is 5.32 Å². The predicted octanol–water partition coefficient (Wildman–Crippen LogP) is 9.94. The highest BCUT2D eigenvalue weighted by Gasteiger charge is 2.51. The van der Waals surface area contributed by atoms with Crippen LogP contribution in [0.5, 0.6) is 0 Å². The van der Waals surface area contributed by atoms with E-state index >= 15 is 0 Å². The molecule has 1 amide bonds. The maximum absolute atomic E-state index is 13.1. The summed E-state index contributed by atoms with van der Waals surface area (Å²) in [5, 5.41) is 86.4. The summed E-state index contributed by atoms with van der Waals surface area (Å²) in [4.78, 5) is 13.1. The number of aliphatic hydroxyl groups excluding tert-OH is 8. The van der Waals surface area contributed by atoms with E-state index in [9.17, 15) is 45.6 Å². The van der Waals surface area contributed by atoms with Gasteiger partial charge in [-0.3, -0.25) is 4.79 Å². The molecule has 0 aromatic carbocycles. The minimum Gasteiger partial charge on any atom is -0.394 e. The standard InChI is InChI=1S/C61H107NO13/c1-3-5-7-9-10-11-12-13-14-15-16-17-18-19-20-21-22-23-24-25-26-27-28-29-30-31-32-33-34-35-36-37-38-39-40-41-43-45-53(66)62-49(50(65)44-42-8-6-4-2)48-72-60-58(71)56(69)59(52(47-64)74-60)75-61-57(70)55(68)54(67)51(46-63)73-61/h5,7,10-11,13-14,16-17,19-20,22-23,49-52,54-61,63-65,67-71H,3-4,6,8-9,12,15,18,21,24-48H2,1-2H3,(H,62,66)/b7-5-,11-10-,14-13-,17-16-,20-19-,23-22-. The lowest BCUT2D eigenvalue weighted by Gasteiger charge is -2.46. The quantitative estimate of drug-likeness (QED) is 0.0205. The number of ether oxygens (including phenoxy) is 4. The summed E-state index contributed by atoms with van der Waals surface area (Å²) in [6.45, 7) is 2.60. The summed E-state index contributed by atoms with van der Waals surface area (Å²) in [5.74, 6) is -0.217. The highest BCUT2D eigenvalue weighted by Crippen LogP contribution is 2.30. The van der Waals surface area contributed by atoms with Gasteiger partial charge in [0.25, 0.3) is 0 Å². The van der Waals surface area contributed by atoms with Crippen LogP contribution in [0, 0.1) is 0 Å². The number of nitrogens with one attached hydrogen (secondary N) is 1. The molecule has 0 radical (unpaired) electrons. The van der Waals surface area contributed by atoms with Crippen LogP contribution in [-0.4, -0.2) is 140 Å². The summed E-state index contributed by atoms with van der Waals surface area (Å²) < 4.78 is 22.6. The number of amides is 1. The zero-order valence-electron chi connectivity index (χ0n) is 46.5. The van der Waals surface area contributed by atoms with Crippen LogP contribution in [0.4, 0.5) is 0 Å². The summed E-state index contributed by atoms with van der Waals surface area (Å²) in [6.07, 6.45) is 44.5. The summed E-state index contributed by atoms with van der Waals surface area (Å²) in [5.41, 5.74) is 0. The molecule has 2 aliphatic heterocycles. The third kappa shape index (κ3) is 32.2. The largest absolute Gasteiger partial charge is 0.394 e. The number of carbonyl (C=O) groups excluding carboxylic acids is 1. The molecule has 2 heterocycles. The van der Waals surface area contributed by atoms with Gasteiger partial charge in [-0.25, -0.2) is 0 Å². The average Bonchev–Trinajstić information content (AvgIpc) is 3.41. The molecule has 2 saturated heterocycles. The fourth-order valence-corrected chi connectivity index (χ4v) is 9.42. The Labute approximate surface area is 453 Å². The van der Waals surface area contributed by atoms with Crippen molar-refractivity contribution in [2.24, 2.45) is 0 Å². The lowest BCUT2D eigenvalue weighted by atomic mass is 9.97. The smallest absolute Gasteiger partial charge is 0.220 e. The lowest BCUT2D eigenvalue weighted by Crippen LogP contribution is -2.65. The number of allylic oxidation sites excluding steroid dienone is 12. The Balaban J connectivity index is 1.49. The van der Waals surface area contributed by atoms with Gasteiger partial charge in [-0.2, -0.15) is 0 Å². The van der Waals surface area contributed by atoms with Gasteiger partial charge in [-0.05, 0) is 64.2 Å². The van der Waals surface area contributed by atoms with Crippen LogP contribution in [-0.2, 0) is 23.7 Å². The van der Waals surface area contributed by atoms with Crippen molar-refractivity contribution < 1.29 is 64.6 Å². The molecule has 0 aromatic rings. The minimum atomic E-state index is -1.78. The first-order chi connectivity index (χ1) is 36.6. The lowest BCUT2D eigenvalue weighted by molar-refractivity contribution is -0.359. The molecule has 2 rings (SSSR count). The second-order valence-corrected chi connectivity index (χ2v) is 20.7. The van der Waals surface area contributed by atoms with E-state index in [2.05, 4.69) is 92.1 Å². The van der Waals surface area contributed by atoms with Gasteiger partial charge in [0, 0.05) is 6.42 Å². The molecule has 0 bridgehead atoms. The zero-order chi connectivity index (χ0) is 54.6. The van der Waals surface area contributed by atoms with Gasteiger partial charge in [-0.15, -0.1) is 0 Å². The average molecular weight is 1060 g/mol. The van der Waals surface area contributed by atoms with Crippen molar-refractivity contribution in [3.8, 4) is 0 Å². The van der Waals surface area contributed by atoms with Gasteiger partial charge in [0.1, 0.15) is 48.8 Å². The fourth-order valence-electron chi connectivity index (χ4n) is 9.42. The van der Waals surface area contributed by atoms with Gasteiger partial charge < -0.3 is 65.1 Å². The minimum absolute atomic E-state index is 0.217. The van der Waals surface area contributed by atoms with Gasteiger partial charge >= 0.3 is 0 Å². The van der Waals surface area contributed by atoms with E-state index in [4.69, 9.17) is 18.9 Å². The molecular weight excluding hydrogens is 955 g/mol. The third-order valence-electron chi connectivity index (χ3n) is 14.2. The van der Waals surface area contributed by atoms with Crippen LogP contribution in [0.25, 0.3) is 0 Å². The second kappa shape index (κ2) is 46.4. The van der Waals surface area contributed by atoms with E-state index in [0.717, 1.165) is 89.9 Å². The van der Waals surface area contributed by atoms with Crippen molar-refractivity contribution in [1.29, 1.82) is 0 Å². The Morgan fingerprint density at radius 1 is 0.493 bits per heavy atom. The summed E-state index contributed by atoms with van der Waals surface area (Å²) in [7, 11) is 0. The molecule has 2 fully saturated rings. The van der Waals surface area contributed by atoms with E-state index < -0.39 is 86.8 Å². The Morgan fingerprint density at radius 3 is 1.40 bits per heavy atom. The number of hydrogen-bond acceptors (Lipinski definition) is 13. The first kappa shape index (κ1) is 68.5. The molecule has 0 spiro atoms. The molecule has 12 unspecified atom stereocenters. The fraction of sp³-hybridized carbons (Fsp3) is 0.787. The molecule has 9 N–H and O–H groups in total. The van der Waals surface area contributed by atoms with Gasteiger partial charge in [0.05, 0.1) is 32.0 Å². The van der Waals surface area contributed by atoms with Crippen LogP contribution in [0.3, 0.4) is 0 Å². The molecule has 12 atom stereocenters. The van der Waals surface area contributed by atoms with E-state index in [1.165, 1.54) is 96.3 Å². The van der Waals surface area contributed by atoms with Crippen molar-refractivity contribution >= 4 is 5.91 Å². The molecule has 0 aliphatic carbocycles. The predicted molar refractivity (Wildman–Crippen MR) is 300 cm³/mol. The van der Waals surface area contributed by atoms with E-state index in [-0.39, 0.29) is 12.5 Å². The normalized spacial score (nSPS) is 25.6. The first-order valence-corrected chi connectivity index (χ1v) is 29.7. The van der Waals surface area contributed by atoms with E-state index in [1.807, 2.05) is 0 Å². The highest BCUT2D eigenvalue weighted by atomic mass is 16.7. The Bertz CT molecular complexity index is 1530. The molecule has 75 heavy (non-hydrogen) atoms. The van der Waals surface area contributed by atoms with Crippen LogP contribution >= 0.6 is 0 Å². The SMILES string of the molecule is CC/C=C\C/C=C\C/C=C\C/C=C\C/C=C\C/C=C\CCCCCCCCCCCCCCCCCCCCC(=O)NC(COC1OC(CO)C(OC2OC(CO)C(O)C(O)C2O)C(O)C1O)C(O)CCCCCC. The van der Waals surface area contributed by atoms with Crippen molar-refractivity contribution in [3.63, 3.8) is 0 Å². The Hall–Kier alpha value is -2.57. The van der Waals surface area contributed by atoms with Crippen LogP contribution in [0.2, 0.25) is 0 Å². The maximum Gasteiger partial charge on any atom is 0.220 e. The molecule has 2 aliphatic rings. The van der Waals surface area contributed by atoms with E-state index in [1.54, 1.807) is 0 Å². The van der Waals surface area contributed by atoms with Gasteiger partial charge in [0.15, 0.2) is 12.6 Å². The molecule has 434 valence electrons. The van der Waals surface area contributed by atoms with Crippen molar-refractivity contribution in [3.05, 3.63) is 72.9 Å². The van der Waals surface area contributed by atoms with Crippen LogP contribution in [0.1, 0.15) is 213 Å². The molecule has 0 saturated carbocycles. The number of carbonyl (C=O) groups is 1. The number of rotatable bonds is 46. The van der Waals surface area contributed by atoms with Gasteiger partial charge in [-0.1, -0.05) is 215 Å². The van der Waals surface area contributed by atoms with E-state index in [0.29, 0.717) is 12.8 Å². The molecule has 14 heteroatoms. The molecule has 0 aromatic heterocycles. The molecule has 14 nitrogen and oxygen atoms in total. The number of unbranched alkanes of at least 4 members (excludes halogenated alkanes) is 21. The Kier molecular flexibility index (Phi) is 42.4. The monoisotopic (exact) mass is 1060 g/mol.